The smallest absolute Gasteiger partial charge is 0.267 e. The first kappa shape index (κ1) is 18.9. The van der Waals surface area contributed by atoms with Gasteiger partial charge in [0, 0.05) is 48.2 Å². The molecule has 29 heavy (non-hydrogen) atoms. The zero-order valence-electron chi connectivity index (χ0n) is 17.2. The zero-order chi connectivity index (χ0) is 19.8. The van der Waals surface area contributed by atoms with Crippen molar-refractivity contribution in [2.45, 2.75) is 81.6 Å². The van der Waals surface area contributed by atoms with Gasteiger partial charge >= 0.3 is 0 Å². The van der Waals surface area contributed by atoms with E-state index in [4.69, 9.17) is 5.10 Å². The maximum absolute atomic E-state index is 12.5. The fourth-order valence-corrected chi connectivity index (χ4v) is 5.73. The van der Waals surface area contributed by atoms with Crippen LogP contribution in [0.2, 0.25) is 0 Å². The van der Waals surface area contributed by atoms with Crippen LogP contribution >= 0.6 is 0 Å². The molecule has 2 aromatic rings. The zero-order valence-corrected chi connectivity index (χ0v) is 17.2. The number of nitrogens with zero attached hydrogens (tertiary/aromatic N) is 4. The number of pyridine rings is 1. The highest BCUT2D eigenvalue weighted by Gasteiger charge is 2.39. The van der Waals surface area contributed by atoms with Crippen LogP contribution in [0.4, 0.5) is 0 Å². The number of aromatic nitrogens is 3. The molecule has 5 rings (SSSR count). The molecule has 4 heterocycles. The Morgan fingerprint density at radius 3 is 2.21 bits per heavy atom. The lowest BCUT2D eigenvalue weighted by atomic mass is 9.89. The van der Waals surface area contributed by atoms with Crippen molar-refractivity contribution in [2.75, 3.05) is 7.05 Å². The summed E-state index contributed by atoms with van der Waals surface area (Å²) in [4.78, 5) is 19.1. The Balaban J connectivity index is 1.21. The Morgan fingerprint density at radius 2 is 1.52 bits per heavy atom. The van der Waals surface area contributed by atoms with Gasteiger partial charge in [-0.25, -0.2) is 4.68 Å². The predicted octanol–water partition coefficient (Wildman–Crippen LogP) is 3.00. The third-order valence-corrected chi connectivity index (χ3v) is 7.41. The quantitative estimate of drug-likeness (QED) is 0.865. The minimum Gasteiger partial charge on any atom is -0.311 e. The van der Waals surface area contributed by atoms with Crippen molar-refractivity contribution < 1.29 is 0 Å². The van der Waals surface area contributed by atoms with E-state index in [1.54, 1.807) is 23.1 Å². The summed E-state index contributed by atoms with van der Waals surface area (Å²) in [5, 5.41) is 8.66. The van der Waals surface area contributed by atoms with Gasteiger partial charge in [0.25, 0.3) is 5.56 Å². The van der Waals surface area contributed by atoms with Crippen molar-refractivity contribution in [3.63, 3.8) is 0 Å². The summed E-state index contributed by atoms with van der Waals surface area (Å²) in [7, 11) is 2.30. The van der Waals surface area contributed by atoms with Gasteiger partial charge in [-0.15, -0.1) is 0 Å². The summed E-state index contributed by atoms with van der Waals surface area (Å²) in [5.41, 5.74) is 1.85. The molecular weight excluding hydrogens is 362 g/mol. The summed E-state index contributed by atoms with van der Waals surface area (Å²) in [5.74, 6) is 0. The van der Waals surface area contributed by atoms with Crippen LogP contribution in [0.25, 0.3) is 11.3 Å². The monoisotopic (exact) mass is 393 g/mol. The molecule has 2 aliphatic heterocycles. The average molecular weight is 394 g/mol. The van der Waals surface area contributed by atoms with Crippen LogP contribution in [0.5, 0.6) is 0 Å². The summed E-state index contributed by atoms with van der Waals surface area (Å²) in [6.45, 7) is 0. The van der Waals surface area contributed by atoms with E-state index in [0.29, 0.717) is 12.1 Å². The van der Waals surface area contributed by atoms with Crippen LogP contribution < -0.4 is 10.9 Å². The fourth-order valence-electron chi connectivity index (χ4n) is 5.73. The molecule has 1 N–H and O–H groups in total. The second-order valence-electron chi connectivity index (χ2n) is 9.13. The Kier molecular flexibility index (Phi) is 5.22. The number of rotatable bonds is 4. The Bertz CT molecular complexity index is 876. The Hall–Kier alpha value is -2.05. The van der Waals surface area contributed by atoms with Gasteiger partial charge in [-0.1, -0.05) is 0 Å². The molecule has 1 saturated carbocycles. The first-order valence-electron chi connectivity index (χ1n) is 11.2. The third kappa shape index (κ3) is 3.88. The van der Waals surface area contributed by atoms with Crippen LogP contribution in [0.15, 0.2) is 41.5 Å². The summed E-state index contributed by atoms with van der Waals surface area (Å²) in [6.07, 6.45) is 13.1. The maximum atomic E-state index is 12.5. The molecule has 2 aromatic heterocycles. The summed E-state index contributed by atoms with van der Waals surface area (Å²) >= 11 is 0. The molecule has 2 bridgehead atoms. The van der Waals surface area contributed by atoms with E-state index >= 15 is 0 Å². The first-order chi connectivity index (χ1) is 14.2. The van der Waals surface area contributed by atoms with E-state index in [1.165, 1.54) is 25.7 Å². The van der Waals surface area contributed by atoms with E-state index in [2.05, 4.69) is 22.2 Å². The molecule has 6 heteroatoms. The molecule has 0 spiro atoms. The van der Waals surface area contributed by atoms with Crippen LogP contribution in [-0.2, 0) is 0 Å². The lowest BCUT2D eigenvalue weighted by Gasteiger charge is -2.39. The van der Waals surface area contributed by atoms with Gasteiger partial charge in [-0.2, -0.15) is 5.10 Å². The van der Waals surface area contributed by atoms with Gasteiger partial charge in [0.15, 0.2) is 0 Å². The molecule has 0 aromatic carbocycles. The minimum absolute atomic E-state index is 0.00566. The number of nitrogens with one attached hydrogen (secondary N) is 1. The van der Waals surface area contributed by atoms with Gasteiger partial charge < -0.3 is 10.2 Å². The SMILES string of the molecule is CN1C2CCC1CC(NC1CCC(n3nc(-c4ccncc4)ccc3=O)CC1)C2. The number of fused-ring (bicyclic) bond motifs is 2. The largest absolute Gasteiger partial charge is 0.311 e. The van der Waals surface area contributed by atoms with E-state index in [1.807, 2.05) is 18.2 Å². The number of piperidine rings is 1. The number of hydrogen-bond acceptors (Lipinski definition) is 5. The standard InChI is InChI=1S/C23H31N5O/c1-27-20-6-7-21(27)15-18(14-20)25-17-2-4-19(5-3-17)28-23(29)9-8-22(26-28)16-10-12-24-13-11-16/h8-13,17-21,25H,2-7,14-15H2,1H3. The van der Waals surface area contributed by atoms with E-state index in [9.17, 15) is 4.79 Å². The van der Waals surface area contributed by atoms with Crippen molar-refractivity contribution in [3.05, 3.63) is 47.0 Å². The highest BCUT2D eigenvalue weighted by Crippen LogP contribution is 2.35. The minimum atomic E-state index is 0.00566. The van der Waals surface area contributed by atoms with Gasteiger partial charge in [-0.05, 0) is 76.6 Å². The molecule has 154 valence electrons. The van der Waals surface area contributed by atoms with Crippen LogP contribution in [0.3, 0.4) is 0 Å². The number of hydrogen-bond donors (Lipinski definition) is 1. The van der Waals surface area contributed by atoms with Crippen molar-refractivity contribution >= 4 is 0 Å². The highest BCUT2D eigenvalue weighted by molar-refractivity contribution is 5.57. The van der Waals surface area contributed by atoms with Crippen molar-refractivity contribution in [2.24, 2.45) is 0 Å². The van der Waals surface area contributed by atoms with E-state index < -0.39 is 0 Å². The molecule has 3 aliphatic rings. The topological polar surface area (TPSA) is 63.1 Å². The Morgan fingerprint density at radius 1 is 0.862 bits per heavy atom. The van der Waals surface area contributed by atoms with E-state index in [0.717, 1.165) is 49.0 Å². The molecule has 3 fully saturated rings. The molecule has 2 unspecified atom stereocenters. The molecule has 2 atom stereocenters. The van der Waals surface area contributed by atoms with Crippen molar-refractivity contribution in [3.8, 4) is 11.3 Å². The van der Waals surface area contributed by atoms with Gasteiger partial charge in [0.05, 0.1) is 11.7 Å². The summed E-state index contributed by atoms with van der Waals surface area (Å²) in [6, 6.07) is 10.4. The lowest BCUT2D eigenvalue weighted by molar-refractivity contribution is 0.135. The van der Waals surface area contributed by atoms with Crippen LogP contribution in [0, 0.1) is 0 Å². The molecular formula is C23H31N5O. The predicted molar refractivity (Wildman–Crippen MR) is 114 cm³/mol. The van der Waals surface area contributed by atoms with E-state index in [-0.39, 0.29) is 11.6 Å². The maximum Gasteiger partial charge on any atom is 0.267 e. The third-order valence-electron chi connectivity index (χ3n) is 7.41. The normalized spacial score (nSPS) is 32.4. The highest BCUT2D eigenvalue weighted by atomic mass is 16.1. The fraction of sp³-hybridized carbons (Fsp3) is 0.609. The second-order valence-corrected chi connectivity index (χ2v) is 9.13. The van der Waals surface area contributed by atoms with Crippen molar-refractivity contribution in [1.29, 1.82) is 0 Å². The van der Waals surface area contributed by atoms with Gasteiger partial charge in [0.1, 0.15) is 0 Å². The summed E-state index contributed by atoms with van der Waals surface area (Å²) < 4.78 is 1.72. The molecule has 0 amide bonds. The molecule has 2 saturated heterocycles. The second kappa shape index (κ2) is 8.00. The molecule has 1 aliphatic carbocycles. The molecule has 0 radical (unpaired) electrons. The van der Waals surface area contributed by atoms with Crippen molar-refractivity contribution in [1.82, 2.24) is 25.0 Å². The average Bonchev–Trinajstić information content (AvgIpc) is 2.96. The van der Waals surface area contributed by atoms with Gasteiger partial charge in [0.2, 0.25) is 0 Å². The first-order valence-corrected chi connectivity index (χ1v) is 11.2. The molecule has 6 nitrogen and oxygen atoms in total. The van der Waals surface area contributed by atoms with Crippen LogP contribution in [-0.4, -0.2) is 50.9 Å². The van der Waals surface area contributed by atoms with Gasteiger partial charge in [-0.3, -0.25) is 9.78 Å². The van der Waals surface area contributed by atoms with Crippen LogP contribution in [0.1, 0.15) is 57.4 Å². The lowest BCUT2D eigenvalue weighted by Crippen LogP contribution is -2.50. The Labute approximate surface area is 172 Å².